The lowest BCUT2D eigenvalue weighted by Gasteiger charge is -2.01. The van der Waals surface area contributed by atoms with Crippen LogP contribution in [0.3, 0.4) is 0 Å². The Hall–Kier alpha value is -0.390. The predicted molar refractivity (Wildman–Crippen MR) is 81.5 cm³/mol. The summed E-state index contributed by atoms with van der Waals surface area (Å²) in [4.78, 5) is 4.61. The molecule has 90 valence electrons. The van der Waals surface area contributed by atoms with Crippen molar-refractivity contribution in [3.63, 3.8) is 0 Å². The first kappa shape index (κ1) is 13.1. The maximum atomic E-state index is 6.03. The molecular formula is C12H12Br2N2S. The highest BCUT2D eigenvalue weighted by Crippen LogP contribution is 2.36. The molecule has 5 heteroatoms. The maximum absolute atomic E-state index is 6.03. The molecule has 2 nitrogen and oxygen atoms in total. The van der Waals surface area contributed by atoms with Gasteiger partial charge in [-0.3, -0.25) is 0 Å². The summed E-state index contributed by atoms with van der Waals surface area (Å²) in [6.45, 7) is 4.25. The van der Waals surface area contributed by atoms with Crippen LogP contribution in [0.15, 0.2) is 27.1 Å². The number of nitrogens with zero attached hydrogens (tertiary/aromatic N) is 1. The van der Waals surface area contributed by atoms with Crippen LogP contribution < -0.4 is 5.73 Å². The lowest BCUT2D eigenvalue weighted by Crippen LogP contribution is -1.88. The molecule has 2 aromatic rings. The molecule has 0 amide bonds. The first-order valence-electron chi connectivity index (χ1n) is 5.20. The van der Waals surface area contributed by atoms with E-state index in [1.54, 1.807) is 11.3 Å². The van der Waals surface area contributed by atoms with Gasteiger partial charge in [0.1, 0.15) is 10.7 Å². The third kappa shape index (κ3) is 2.72. The number of benzene rings is 1. The molecule has 1 heterocycles. The van der Waals surface area contributed by atoms with Gasteiger partial charge in [-0.1, -0.05) is 19.9 Å². The first-order valence-corrected chi connectivity index (χ1v) is 7.61. The fourth-order valence-electron chi connectivity index (χ4n) is 1.45. The molecule has 0 radical (unpaired) electrons. The SMILES string of the molecule is CC(C)c1nc(-c2ccc(Br)c(Br)c2)c(N)s1. The summed E-state index contributed by atoms with van der Waals surface area (Å²) < 4.78 is 2.03. The van der Waals surface area contributed by atoms with E-state index in [9.17, 15) is 0 Å². The molecule has 0 bridgehead atoms. The number of aromatic nitrogens is 1. The van der Waals surface area contributed by atoms with Crippen LogP contribution in [0, 0.1) is 0 Å². The van der Waals surface area contributed by atoms with Gasteiger partial charge in [-0.2, -0.15) is 0 Å². The summed E-state index contributed by atoms with van der Waals surface area (Å²) >= 11 is 8.51. The van der Waals surface area contributed by atoms with E-state index in [-0.39, 0.29) is 0 Å². The van der Waals surface area contributed by atoms with Crippen molar-refractivity contribution in [3.05, 3.63) is 32.2 Å². The molecule has 0 aliphatic carbocycles. The molecule has 0 spiro atoms. The summed E-state index contributed by atoms with van der Waals surface area (Å²) in [5.74, 6) is 0.412. The summed E-state index contributed by atoms with van der Waals surface area (Å²) in [6, 6.07) is 6.04. The van der Waals surface area contributed by atoms with E-state index >= 15 is 0 Å². The summed E-state index contributed by atoms with van der Waals surface area (Å²) in [6.07, 6.45) is 0. The Balaban J connectivity index is 2.49. The molecule has 0 aliphatic rings. The minimum atomic E-state index is 0.412. The van der Waals surface area contributed by atoms with Crippen molar-refractivity contribution in [3.8, 4) is 11.3 Å². The van der Waals surface area contributed by atoms with Gasteiger partial charge in [0.05, 0.1) is 5.01 Å². The van der Waals surface area contributed by atoms with Crippen molar-refractivity contribution in [2.24, 2.45) is 0 Å². The second-order valence-electron chi connectivity index (χ2n) is 4.05. The van der Waals surface area contributed by atoms with Crippen LogP contribution >= 0.6 is 43.2 Å². The fourth-order valence-corrected chi connectivity index (χ4v) is 2.93. The molecular weight excluding hydrogens is 364 g/mol. The minimum Gasteiger partial charge on any atom is -0.389 e. The lowest BCUT2D eigenvalue weighted by molar-refractivity contribution is 0.854. The molecule has 1 aromatic heterocycles. The van der Waals surface area contributed by atoms with E-state index in [0.29, 0.717) is 5.92 Å². The molecule has 1 aromatic carbocycles. The number of rotatable bonds is 2. The van der Waals surface area contributed by atoms with Gasteiger partial charge in [-0.25, -0.2) is 4.98 Å². The van der Waals surface area contributed by atoms with Crippen LogP contribution in [0.1, 0.15) is 24.8 Å². The topological polar surface area (TPSA) is 38.9 Å². The zero-order chi connectivity index (χ0) is 12.6. The molecule has 0 atom stereocenters. The van der Waals surface area contributed by atoms with Crippen LogP contribution in [0.5, 0.6) is 0 Å². The van der Waals surface area contributed by atoms with E-state index in [4.69, 9.17) is 5.73 Å². The number of nitrogens with two attached hydrogens (primary N) is 1. The van der Waals surface area contributed by atoms with Gasteiger partial charge in [0.25, 0.3) is 0 Å². The monoisotopic (exact) mass is 374 g/mol. The zero-order valence-electron chi connectivity index (χ0n) is 9.50. The van der Waals surface area contributed by atoms with E-state index in [1.165, 1.54) is 0 Å². The Morgan fingerprint density at radius 1 is 1.24 bits per heavy atom. The van der Waals surface area contributed by atoms with Gasteiger partial charge in [0.15, 0.2) is 0 Å². The molecule has 0 saturated carbocycles. The summed E-state index contributed by atoms with van der Waals surface area (Å²) in [5.41, 5.74) is 7.95. The van der Waals surface area contributed by atoms with Crippen molar-refractivity contribution in [1.29, 1.82) is 0 Å². The summed E-state index contributed by atoms with van der Waals surface area (Å²) in [7, 11) is 0. The lowest BCUT2D eigenvalue weighted by atomic mass is 10.1. The molecule has 0 saturated heterocycles. The molecule has 2 rings (SSSR count). The number of thiazole rings is 1. The van der Waals surface area contributed by atoms with Crippen LogP contribution in [0.2, 0.25) is 0 Å². The van der Waals surface area contributed by atoms with Crippen LogP contribution in [0.25, 0.3) is 11.3 Å². The van der Waals surface area contributed by atoms with E-state index in [1.807, 2.05) is 18.2 Å². The Morgan fingerprint density at radius 2 is 1.94 bits per heavy atom. The third-order valence-electron chi connectivity index (χ3n) is 2.36. The second kappa shape index (κ2) is 5.08. The Kier molecular flexibility index (Phi) is 3.90. The largest absolute Gasteiger partial charge is 0.389 e. The highest BCUT2D eigenvalue weighted by atomic mass is 79.9. The maximum Gasteiger partial charge on any atom is 0.114 e. The van der Waals surface area contributed by atoms with Crippen molar-refractivity contribution in [1.82, 2.24) is 4.98 Å². The molecule has 0 aliphatic heterocycles. The predicted octanol–water partition coefficient (Wildman–Crippen LogP) is 5.04. The average molecular weight is 376 g/mol. The van der Waals surface area contributed by atoms with Crippen LogP contribution in [-0.2, 0) is 0 Å². The smallest absolute Gasteiger partial charge is 0.114 e. The highest BCUT2D eigenvalue weighted by Gasteiger charge is 2.13. The van der Waals surface area contributed by atoms with Crippen molar-refractivity contribution < 1.29 is 0 Å². The standard InChI is InChI=1S/C12H12Br2N2S/c1-6(2)12-16-10(11(15)17-12)7-3-4-8(13)9(14)5-7/h3-6H,15H2,1-2H3. The molecule has 17 heavy (non-hydrogen) atoms. The average Bonchev–Trinajstić information content (AvgIpc) is 2.65. The van der Waals surface area contributed by atoms with Gasteiger partial charge >= 0.3 is 0 Å². The van der Waals surface area contributed by atoms with Gasteiger partial charge in [-0.15, -0.1) is 11.3 Å². The van der Waals surface area contributed by atoms with Crippen LogP contribution in [0.4, 0.5) is 5.00 Å². The number of anilines is 1. The normalized spacial score (nSPS) is 11.1. The Labute approximate surface area is 122 Å². The number of nitrogen functional groups attached to an aromatic ring is 1. The number of hydrogen-bond donors (Lipinski definition) is 1. The van der Waals surface area contributed by atoms with Crippen molar-refractivity contribution in [2.45, 2.75) is 19.8 Å². The first-order chi connectivity index (χ1) is 7.99. The van der Waals surface area contributed by atoms with E-state index in [2.05, 4.69) is 50.7 Å². The number of halogens is 2. The van der Waals surface area contributed by atoms with Gasteiger partial charge < -0.3 is 5.73 Å². The molecule has 0 unspecified atom stereocenters. The number of hydrogen-bond acceptors (Lipinski definition) is 3. The Bertz CT molecular complexity index is 549. The summed E-state index contributed by atoms with van der Waals surface area (Å²) in [5, 5.41) is 1.86. The molecule has 0 fully saturated rings. The third-order valence-corrected chi connectivity index (χ3v) is 5.42. The van der Waals surface area contributed by atoms with E-state index < -0.39 is 0 Å². The fraction of sp³-hybridized carbons (Fsp3) is 0.250. The minimum absolute atomic E-state index is 0.412. The quantitative estimate of drug-likeness (QED) is 0.798. The van der Waals surface area contributed by atoms with Crippen molar-refractivity contribution >= 4 is 48.2 Å². The van der Waals surface area contributed by atoms with Gasteiger partial charge in [0.2, 0.25) is 0 Å². The zero-order valence-corrected chi connectivity index (χ0v) is 13.5. The van der Waals surface area contributed by atoms with Crippen molar-refractivity contribution in [2.75, 3.05) is 5.73 Å². The molecule has 2 N–H and O–H groups in total. The highest BCUT2D eigenvalue weighted by molar-refractivity contribution is 9.13. The van der Waals surface area contributed by atoms with E-state index in [0.717, 1.165) is 30.2 Å². The Morgan fingerprint density at radius 3 is 2.47 bits per heavy atom. The second-order valence-corrected chi connectivity index (χ2v) is 6.82. The van der Waals surface area contributed by atoms with Gasteiger partial charge in [0, 0.05) is 20.4 Å². The van der Waals surface area contributed by atoms with Gasteiger partial charge in [-0.05, 0) is 44.0 Å². The van der Waals surface area contributed by atoms with Crippen LogP contribution in [-0.4, -0.2) is 4.98 Å².